The Morgan fingerprint density at radius 2 is 1.64 bits per heavy atom. The van der Waals surface area contributed by atoms with E-state index in [0.717, 1.165) is 30.0 Å². The molecule has 28 heavy (non-hydrogen) atoms. The molecule has 5 nitrogen and oxygen atoms in total. The van der Waals surface area contributed by atoms with Crippen molar-refractivity contribution in [2.75, 3.05) is 36.4 Å². The summed E-state index contributed by atoms with van der Waals surface area (Å²) in [6.07, 6.45) is 1.69. The van der Waals surface area contributed by atoms with Crippen molar-refractivity contribution in [1.82, 2.24) is 9.88 Å². The van der Waals surface area contributed by atoms with Gasteiger partial charge in [-0.15, -0.1) is 0 Å². The number of hydrogen-bond acceptors (Lipinski definition) is 4. The maximum Gasteiger partial charge on any atom is 0.272 e. The first-order valence-corrected chi connectivity index (χ1v) is 9.59. The Labute approximate surface area is 165 Å². The Balaban J connectivity index is 1.42. The zero-order valence-electron chi connectivity index (χ0n) is 16.0. The van der Waals surface area contributed by atoms with Gasteiger partial charge in [-0.25, -0.2) is 0 Å². The highest BCUT2D eigenvalue weighted by molar-refractivity contribution is 5.93. The minimum atomic E-state index is -0.0128. The van der Waals surface area contributed by atoms with Crippen molar-refractivity contribution in [1.29, 1.82) is 0 Å². The molecular formula is C23H24N4O. The van der Waals surface area contributed by atoms with E-state index in [0.29, 0.717) is 18.8 Å². The molecule has 0 spiro atoms. The lowest BCUT2D eigenvalue weighted by Gasteiger charge is -2.36. The first-order valence-electron chi connectivity index (χ1n) is 9.59. The molecule has 0 bridgehead atoms. The van der Waals surface area contributed by atoms with Crippen molar-refractivity contribution in [2.24, 2.45) is 0 Å². The molecule has 1 fully saturated rings. The second-order valence-electron chi connectivity index (χ2n) is 6.98. The second-order valence-corrected chi connectivity index (χ2v) is 6.98. The zero-order chi connectivity index (χ0) is 19.3. The van der Waals surface area contributed by atoms with Crippen LogP contribution >= 0.6 is 0 Å². The number of aryl methyl sites for hydroxylation is 1. The molecule has 0 unspecified atom stereocenters. The van der Waals surface area contributed by atoms with Gasteiger partial charge < -0.3 is 15.1 Å². The summed E-state index contributed by atoms with van der Waals surface area (Å²) >= 11 is 0. The standard InChI is InChI=1S/C23H24N4O/c1-18-7-5-6-10-21(18)25-19-11-12-24-22(17-19)23(28)27-15-13-26(14-16-27)20-8-3-2-4-9-20/h2-12,17H,13-16H2,1H3,(H,24,25). The average molecular weight is 372 g/mol. The first kappa shape index (κ1) is 18.0. The van der Waals surface area contributed by atoms with Gasteiger partial charge in [-0.2, -0.15) is 0 Å². The van der Waals surface area contributed by atoms with Crippen LogP contribution in [0.2, 0.25) is 0 Å². The van der Waals surface area contributed by atoms with Crippen molar-refractivity contribution in [3.05, 3.63) is 84.2 Å². The summed E-state index contributed by atoms with van der Waals surface area (Å²) in [5.41, 5.74) is 4.74. The Morgan fingerprint density at radius 1 is 0.929 bits per heavy atom. The SMILES string of the molecule is Cc1ccccc1Nc1ccnc(C(=O)N2CCN(c3ccccc3)CC2)c1. The molecular weight excluding hydrogens is 348 g/mol. The molecule has 4 rings (SSSR count). The molecule has 1 amide bonds. The molecule has 5 heteroatoms. The van der Waals surface area contributed by atoms with Crippen LogP contribution in [-0.4, -0.2) is 42.0 Å². The highest BCUT2D eigenvalue weighted by Gasteiger charge is 2.23. The van der Waals surface area contributed by atoms with Gasteiger partial charge >= 0.3 is 0 Å². The van der Waals surface area contributed by atoms with Gasteiger partial charge in [0.05, 0.1) is 0 Å². The van der Waals surface area contributed by atoms with E-state index in [9.17, 15) is 4.79 Å². The number of rotatable bonds is 4. The normalized spacial score (nSPS) is 14.0. The van der Waals surface area contributed by atoms with Crippen molar-refractivity contribution in [3.63, 3.8) is 0 Å². The highest BCUT2D eigenvalue weighted by atomic mass is 16.2. The van der Waals surface area contributed by atoms with Crippen LogP contribution in [0.1, 0.15) is 16.1 Å². The summed E-state index contributed by atoms with van der Waals surface area (Å²) in [7, 11) is 0. The molecule has 142 valence electrons. The number of piperazine rings is 1. The number of hydrogen-bond donors (Lipinski definition) is 1. The fraction of sp³-hybridized carbons (Fsp3) is 0.217. The molecule has 1 aliphatic heterocycles. The van der Waals surface area contributed by atoms with Crippen LogP contribution in [0, 0.1) is 6.92 Å². The number of anilines is 3. The number of nitrogens with one attached hydrogen (secondary N) is 1. The zero-order valence-corrected chi connectivity index (χ0v) is 16.0. The molecule has 0 atom stereocenters. The fourth-order valence-electron chi connectivity index (χ4n) is 3.46. The Kier molecular flexibility index (Phi) is 5.24. The van der Waals surface area contributed by atoms with Crippen molar-refractivity contribution in [3.8, 4) is 0 Å². The van der Waals surface area contributed by atoms with E-state index in [1.807, 2.05) is 53.4 Å². The van der Waals surface area contributed by atoms with Gasteiger partial charge in [0.1, 0.15) is 5.69 Å². The van der Waals surface area contributed by atoms with E-state index < -0.39 is 0 Å². The van der Waals surface area contributed by atoms with Crippen LogP contribution in [-0.2, 0) is 0 Å². The van der Waals surface area contributed by atoms with E-state index in [1.54, 1.807) is 6.20 Å². The Morgan fingerprint density at radius 3 is 2.39 bits per heavy atom. The monoisotopic (exact) mass is 372 g/mol. The number of carbonyl (C=O) groups excluding carboxylic acids is 1. The van der Waals surface area contributed by atoms with E-state index in [1.165, 1.54) is 5.69 Å². The van der Waals surface area contributed by atoms with Crippen molar-refractivity contribution >= 4 is 23.0 Å². The maximum absolute atomic E-state index is 12.9. The summed E-state index contributed by atoms with van der Waals surface area (Å²) in [4.78, 5) is 21.4. The van der Waals surface area contributed by atoms with Gasteiger partial charge in [-0.05, 0) is 42.8 Å². The molecule has 3 aromatic rings. The van der Waals surface area contributed by atoms with Crippen LogP contribution in [0.25, 0.3) is 0 Å². The number of nitrogens with zero attached hydrogens (tertiary/aromatic N) is 3. The quantitative estimate of drug-likeness (QED) is 0.749. The summed E-state index contributed by atoms with van der Waals surface area (Å²) < 4.78 is 0. The van der Waals surface area contributed by atoms with Gasteiger partial charge in [-0.1, -0.05) is 36.4 Å². The Hall–Kier alpha value is -3.34. The van der Waals surface area contributed by atoms with Gasteiger partial charge in [0.15, 0.2) is 0 Å². The summed E-state index contributed by atoms with van der Waals surface area (Å²) in [6.45, 7) is 5.12. The minimum Gasteiger partial charge on any atom is -0.368 e. The molecule has 1 N–H and O–H groups in total. The van der Waals surface area contributed by atoms with E-state index >= 15 is 0 Å². The third-order valence-electron chi connectivity index (χ3n) is 5.09. The molecule has 2 aromatic carbocycles. The number of para-hydroxylation sites is 2. The lowest BCUT2D eigenvalue weighted by molar-refractivity contribution is 0.0741. The highest BCUT2D eigenvalue weighted by Crippen LogP contribution is 2.21. The van der Waals surface area contributed by atoms with Gasteiger partial charge in [0, 0.05) is 49.4 Å². The molecule has 0 saturated carbocycles. The number of benzene rings is 2. The molecule has 2 heterocycles. The van der Waals surface area contributed by atoms with Gasteiger partial charge in [0.25, 0.3) is 5.91 Å². The third kappa shape index (κ3) is 3.98. The molecule has 1 aromatic heterocycles. The minimum absolute atomic E-state index is 0.0128. The number of aromatic nitrogens is 1. The molecule has 0 aliphatic carbocycles. The second kappa shape index (κ2) is 8.13. The van der Waals surface area contributed by atoms with Crippen molar-refractivity contribution in [2.45, 2.75) is 6.92 Å². The molecule has 1 saturated heterocycles. The molecule has 0 radical (unpaired) electrons. The third-order valence-corrected chi connectivity index (χ3v) is 5.09. The largest absolute Gasteiger partial charge is 0.368 e. The lowest BCUT2D eigenvalue weighted by Crippen LogP contribution is -2.49. The topological polar surface area (TPSA) is 48.5 Å². The van der Waals surface area contributed by atoms with E-state index in [2.05, 4.69) is 40.3 Å². The van der Waals surface area contributed by atoms with E-state index in [-0.39, 0.29) is 5.91 Å². The summed E-state index contributed by atoms with van der Waals surface area (Å²) in [6, 6.07) is 22.1. The van der Waals surface area contributed by atoms with Gasteiger partial charge in [0.2, 0.25) is 0 Å². The van der Waals surface area contributed by atoms with E-state index in [4.69, 9.17) is 0 Å². The molecule has 1 aliphatic rings. The maximum atomic E-state index is 12.9. The lowest BCUT2D eigenvalue weighted by atomic mass is 10.2. The number of pyridine rings is 1. The van der Waals surface area contributed by atoms with Crippen LogP contribution in [0.15, 0.2) is 72.9 Å². The predicted molar refractivity (Wildman–Crippen MR) is 113 cm³/mol. The van der Waals surface area contributed by atoms with Crippen molar-refractivity contribution < 1.29 is 4.79 Å². The van der Waals surface area contributed by atoms with Crippen LogP contribution < -0.4 is 10.2 Å². The van der Waals surface area contributed by atoms with Crippen LogP contribution in [0.4, 0.5) is 17.1 Å². The Bertz CT molecular complexity index is 950. The van der Waals surface area contributed by atoms with Crippen LogP contribution in [0.5, 0.6) is 0 Å². The average Bonchev–Trinajstić information content (AvgIpc) is 2.76. The predicted octanol–water partition coefficient (Wildman–Crippen LogP) is 4.10. The van der Waals surface area contributed by atoms with Crippen LogP contribution in [0.3, 0.4) is 0 Å². The number of carbonyl (C=O) groups is 1. The smallest absolute Gasteiger partial charge is 0.272 e. The summed E-state index contributed by atoms with van der Waals surface area (Å²) in [5.74, 6) is -0.0128. The first-order chi connectivity index (χ1) is 13.7. The fourth-order valence-corrected chi connectivity index (χ4v) is 3.46. The van der Waals surface area contributed by atoms with Gasteiger partial charge in [-0.3, -0.25) is 9.78 Å². The number of amides is 1. The summed E-state index contributed by atoms with van der Waals surface area (Å²) in [5, 5.41) is 3.38.